The maximum Gasteiger partial charge on any atom is 0.639 e. The van der Waals surface area contributed by atoms with E-state index >= 15 is 0 Å². The van der Waals surface area contributed by atoms with E-state index in [0.717, 1.165) is 16.7 Å². The zero-order chi connectivity index (χ0) is 50.8. The van der Waals surface area contributed by atoms with Crippen LogP contribution in [-0.2, 0) is 14.0 Å². The minimum Gasteiger partial charge on any atom is -0.537 e. The zero-order valence-corrected chi connectivity index (χ0v) is 42.7. The van der Waals surface area contributed by atoms with Gasteiger partial charge in [0.05, 0.1) is 21.3 Å². The third-order valence-electron chi connectivity index (χ3n) is 8.03. The standard InChI is InChI=1S/C13H10BClFO3.C13H10ClFO.C9H21BO3.C7H6BrFO.C6H5BClO2/c1-18-12-7-9(6-11(16)13(12)19-14-17)8-3-2-4-10(15)5-8;1-16-13-7-10(6-12(15)8-13)9-3-2-4-11(14)5-9;1-7(2)11-10(12-8(3)4)13-9(5)6;1-10-7-3-5(8)2-6(9)4-7;8-5-2-1-3-6(4-5)10-7-9/h2-7,17H,1H3;2-8H,1H3;7-9H,1-6H3;2-4H,1H3;1-4,9H. The Hall–Kier alpha value is -4.55. The van der Waals surface area contributed by atoms with Crippen molar-refractivity contribution in [1.82, 2.24) is 0 Å². The molecule has 0 atom stereocenters. The second-order valence-electron chi connectivity index (χ2n) is 14.4. The fraction of sp³-hybridized carbons (Fsp3) is 0.250. The minimum atomic E-state index is -0.639. The molecular formula is C48H52B3BrCl3F3O10. The average Bonchev–Trinajstić information content (AvgIpc) is 3.27. The second kappa shape index (κ2) is 32.3. The molecule has 0 bridgehead atoms. The molecule has 0 saturated heterocycles. The van der Waals surface area contributed by atoms with Crippen molar-refractivity contribution >= 4 is 73.4 Å². The summed E-state index contributed by atoms with van der Waals surface area (Å²) < 4.78 is 80.8. The number of methoxy groups -OCH3 is 3. The smallest absolute Gasteiger partial charge is 0.537 e. The van der Waals surface area contributed by atoms with E-state index in [1.165, 1.54) is 51.7 Å². The van der Waals surface area contributed by atoms with Gasteiger partial charge in [0.25, 0.3) is 0 Å². The lowest BCUT2D eigenvalue weighted by Crippen LogP contribution is -2.34. The quantitative estimate of drug-likeness (QED) is 0.0964. The Morgan fingerprint density at radius 3 is 1.38 bits per heavy atom. The van der Waals surface area contributed by atoms with Crippen LogP contribution in [0.5, 0.6) is 28.7 Å². The lowest BCUT2D eigenvalue weighted by atomic mass is 10.0. The average molecular weight is 1060 g/mol. The molecule has 0 heterocycles. The molecule has 2 radical (unpaired) electrons. The topological polar surface area (TPSA) is 114 Å². The van der Waals surface area contributed by atoms with Gasteiger partial charge in [-0.05, 0) is 143 Å². The SMILES string of the molecule is CC(C)OB(OC(C)C)OC(C)C.COc1cc(-c2cccc(Cl)c2)cc(F)c1O[B]O.COc1cc(F)cc(-c2cccc(Cl)c2)c1.COc1cc(F)cc(Br)c1.O[B]Oc1cccc(Cl)c1. The highest BCUT2D eigenvalue weighted by Crippen LogP contribution is 2.36. The zero-order valence-electron chi connectivity index (χ0n) is 38.8. The van der Waals surface area contributed by atoms with Crippen LogP contribution in [0.15, 0.2) is 126 Å². The molecule has 20 heteroatoms. The van der Waals surface area contributed by atoms with Gasteiger partial charge in [-0.3, -0.25) is 0 Å². The Bertz CT molecular complexity index is 2370. The van der Waals surface area contributed by atoms with E-state index < -0.39 is 13.1 Å². The van der Waals surface area contributed by atoms with Crippen molar-refractivity contribution in [2.45, 2.75) is 59.9 Å². The van der Waals surface area contributed by atoms with Crippen LogP contribution in [0, 0.1) is 17.5 Å². The van der Waals surface area contributed by atoms with Crippen LogP contribution in [0.25, 0.3) is 22.3 Å². The van der Waals surface area contributed by atoms with Gasteiger partial charge in [-0.25, -0.2) is 13.2 Å². The lowest BCUT2D eigenvalue weighted by Gasteiger charge is -2.20. The van der Waals surface area contributed by atoms with Gasteiger partial charge in [0.1, 0.15) is 28.9 Å². The van der Waals surface area contributed by atoms with Crippen LogP contribution in [0.3, 0.4) is 0 Å². The van der Waals surface area contributed by atoms with Crippen LogP contribution in [0.2, 0.25) is 15.1 Å². The number of hydrogen-bond donors (Lipinski definition) is 2. The van der Waals surface area contributed by atoms with Crippen molar-refractivity contribution in [2.75, 3.05) is 21.3 Å². The van der Waals surface area contributed by atoms with Crippen LogP contribution < -0.4 is 23.5 Å². The molecule has 6 aromatic rings. The predicted octanol–water partition coefficient (Wildman–Crippen LogP) is 13.3. The molecule has 0 saturated carbocycles. The highest BCUT2D eigenvalue weighted by atomic mass is 79.9. The van der Waals surface area contributed by atoms with Gasteiger partial charge in [0, 0.05) is 50.0 Å². The monoisotopic (exact) mass is 1060 g/mol. The molecule has 0 unspecified atom stereocenters. The first kappa shape index (κ1) is 59.6. The van der Waals surface area contributed by atoms with Crippen molar-refractivity contribution in [2.24, 2.45) is 0 Å². The number of hydrogen-bond acceptors (Lipinski definition) is 10. The minimum absolute atomic E-state index is 0.113. The number of benzene rings is 6. The van der Waals surface area contributed by atoms with Gasteiger partial charge in [0.15, 0.2) is 17.3 Å². The number of ether oxygens (including phenoxy) is 3. The predicted molar refractivity (Wildman–Crippen MR) is 271 cm³/mol. The maximum absolute atomic E-state index is 13.9. The first-order chi connectivity index (χ1) is 32.3. The van der Waals surface area contributed by atoms with Crippen LogP contribution >= 0.6 is 50.7 Å². The number of halogens is 7. The molecule has 0 aliphatic carbocycles. The van der Waals surface area contributed by atoms with E-state index in [0.29, 0.717) is 57.7 Å². The Morgan fingerprint density at radius 1 is 0.500 bits per heavy atom. The molecule has 2 N–H and O–H groups in total. The Labute approximate surface area is 422 Å². The van der Waals surface area contributed by atoms with Crippen molar-refractivity contribution in [3.8, 4) is 51.0 Å². The first-order valence-electron chi connectivity index (χ1n) is 20.5. The second-order valence-corrected chi connectivity index (χ2v) is 16.7. The summed E-state index contributed by atoms with van der Waals surface area (Å²) in [7, 11) is 4.88. The molecule has 0 aliphatic heterocycles. The normalized spacial score (nSPS) is 10.2. The largest absolute Gasteiger partial charge is 0.639 e. The van der Waals surface area contributed by atoms with E-state index in [1.807, 2.05) is 53.7 Å². The molecule has 0 aromatic heterocycles. The molecule has 0 amide bonds. The molecule has 6 aromatic carbocycles. The Balaban J connectivity index is 0.000000299. The van der Waals surface area contributed by atoms with E-state index in [4.69, 9.17) is 73.0 Å². The summed E-state index contributed by atoms with van der Waals surface area (Å²) in [6.07, 6.45) is 0.340. The van der Waals surface area contributed by atoms with E-state index in [-0.39, 0.29) is 41.4 Å². The fourth-order valence-corrected chi connectivity index (χ4v) is 6.25. The summed E-state index contributed by atoms with van der Waals surface area (Å²) in [6.45, 7) is 11.8. The fourth-order valence-electron chi connectivity index (χ4n) is 5.25. The van der Waals surface area contributed by atoms with E-state index in [1.54, 1.807) is 78.9 Å². The molecule has 0 fully saturated rings. The Morgan fingerprint density at radius 2 is 0.956 bits per heavy atom. The van der Waals surface area contributed by atoms with Crippen molar-refractivity contribution in [3.05, 3.63) is 158 Å². The molecule has 0 aliphatic rings. The summed E-state index contributed by atoms with van der Waals surface area (Å²) in [5.41, 5.74) is 2.97. The summed E-state index contributed by atoms with van der Waals surface area (Å²) in [5, 5.41) is 18.6. The summed E-state index contributed by atoms with van der Waals surface area (Å²) >= 11 is 20.5. The van der Waals surface area contributed by atoms with Crippen molar-refractivity contribution < 1.29 is 60.7 Å². The summed E-state index contributed by atoms with van der Waals surface area (Å²) in [5.74, 6) is 0.285. The molecule has 10 nitrogen and oxygen atoms in total. The summed E-state index contributed by atoms with van der Waals surface area (Å²) in [4.78, 5) is 0. The van der Waals surface area contributed by atoms with E-state index in [9.17, 15) is 13.2 Å². The van der Waals surface area contributed by atoms with Gasteiger partial charge < -0.3 is 47.5 Å². The molecular weight excluding hydrogens is 1010 g/mol. The van der Waals surface area contributed by atoms with Gasteiger partial charge in [0.2, 0.25) is 0 Å². The van der Waals surface area contributed by atoms with E-state index in [2.05, 4.69) is 25.2 Å². The highest BCUT2D eigenvalue weighted by molar-refractivity contribution is 9.10. The number of rotatable bonds is 15. The third-order valence-corrected chi connectivity index (χ3v) is 9.19. The molecule has 362 valence electrons. The van der Waals surface area contributed by atoms with Gasteiger partial charge in [-0.15, -0.1) is 0 Å². The maximum atomic E-state index is 13.9. The lowest BCUT2D eigenvalue weighted by molar-refractivity contribution is 0.0335. The van der Waals surface area contributed by atoms with Gasteiger partial charge in [-0.2, -0.15) is 0 Å². The van der Waals surface area contributed by atoms with Crippen LogP contribution in [0.4, 0.5) is 13.2 Å². The van der Waals surface area contributed by atoms with Crippen molar-refractivity contribution in [1.29, 1.82) is 0 Å². The molecule has 6 rings (SSSR count). The van der Waals surface area contributed by atoms with Crippen LogP contribution in [-0.4, -0.2) is 72.4 Å². The third kappa shape index (κ3) is 23.6. The first-order valence-corrected chi connectivity index (χ1v) is 22.4. The summed E-state index contributed by atoms with van der Waals surface area (Å²) in [6, 6.07) is 32.9. The van der Waals surface area contributed by atoms with Crippen molar-refractivity contribution in [3.63, 3.8) is 0 Å². The van der Waals surface area contributed by atoms with Gasteiger partial charge >= 0.3 is 22.7 Å². The molecule has 0 spiro atoms. The van der Waals surface area contributed by atoms with Crippen LogP contribution in [0.1, 0.15) is 41.5 Å². The Kier molecular flexibility index (Phi) is 28.3. The highest BCUT2D eigenvalue weighted by Gasteiger charge is 2.25. The van der Waals surface area contributed by atoms with Gasteiger partial charge in [-0.1, -0.05) is 81.1 Å². The molecule has 68 heavy (non-hydrogen) atoms.